The Morgan fingerprint density at radius 3 is 3.00 bits per heavy atom. The summed E-state index contributed by atoms with van der Waals surface area (Å²) in [6.45, 7) is 0.191. The lowest BCUT2D eigenvalue weighted by Crippen LogP contribution is -2.27. The molecule has 1 saturated heterocycles. The minimum atomic E-state index is -0.444. The van der Waals surface area contributed by atoms with Gasteiger partial charge in [0.2, 0.25) is 5.91 Å². The van der Waals surface area contributed by atoms with Gasteiger partial charge in [0.05, 0.1) is 17.4 Å². The van der Waals surface area contributed by atoms with E-state index in [0.29, 0.717) is 11.3 Å². The predicted octanol–water partition coefficient (Wildman–Crippen LogP) is 2.36. The number of hydrogen-bond acceptors (Lipinski definition) is 3. The van der Waals surface area contributed by atoms with Crippen LogP contribution in [-0.2, 0) is 4.79 Å². The number of halogens is 1. The maximum atomic E-state index is 13.8. The molecule has 2 rings (SSSR count). The van der Waals surface area contributed by atoms with Crippen molar-refractivity contribution >= 4 is 23.4 Å². The highest BCUT2D eigenvalue weighted by Gasteiger charge is 2.21. The molecule has 0 radical (unpaired) electrons. The molecule has 0 aliphatic carbocycles. The van der Waals surface area contributed by atoms with Crippen molar-refractivity contribution in [3.05, 3.63) is 29.6 Å². The SMILES string of the molecule is NCC#Cc1ccc(NC(=O)C2CCCCS2)cc1F. The number of thioether (sulfide) groups is 1. The van der Waals surface area contributed by atoms with E-state index in [1.807, 2.05) is 0 Å². The lowest BCUT2D eigenvalue weighted by atomic mass is 10.1. The number of carbonyl (C=O) groups excluding carboxylic acids is 1. The Labute approximate surface area is 122 Å². The fourth-order valence-corrected chi connectivity index (χ4v) is 3.21. The number of rotatable bonds is 2. The summed E-state index contributed by atoms with van der Waals surface area (Å²) in [5.74, 6) is 5.78. The average molecular weight is 292 g/mol. The number of nitrogens with one attached hydrogen (secondary N) is 1. The number of hydrogen-bond donors (Lipinski definition) is 2. The number of nitrogens with two attached hydrogens (primary N) is 1. The van der Waals surface area contributed by atoms with Gasteiger partial charge >= 0.3 is 0 Å². The number of carbonyl (C=O) groups is 1. The molecule has 20 heavy (non-hydrogen) atoms. The highest BCUT2D eigenvalue weighted by Crippen LogP contribution is 2.26. The van der Waals surface area contributed by atoms with Gasteiger partial charge in [-0.3, -0.25) is 4.79 Å². The van der Waals surface area contributed by atoms with E-state index in [-0.39, 0.29) is 17.7 Å². The first kappa shape index (κ1) is 14.9. The molecule has 1 aromatic carbocycles. The fourth-order valence-electron chi connectivity index (χ4n) is 2.01. The predicted molar refractivity (Wildman–Crippen MR) is 81.1 cm³/mol. The number of anilines is 1. The van der Waals surface area contributed by atoms with E-state index in [9.17, 15) is 9.18 Å². The van der Waals surface area contributed by atoms with Crippen molar-refractivity contribution in [3.63, 3.8) is 0 Å². The summed E-state index contributed by atoms with van der Waals surface area (Å²) in [6.07, 6.45) is 3.13. The summed E-state index contributed by atoms with van der Waals surface area (Å²) in [6, 6.07) is 4.52. The summed E-state index contributed by atoms with van der Waals surface area (Å²) >= 11 is 1.67. The smallest absolute Gasteiger partial charge is 0.237 e. The molecule has 0 aromatic heterocycles. The van der Waals surface area contributed by atoms with Crippen LogP contribution < -0.4 is 11.1 Å². The van der Waals surface area contributed by atoms with Gasteiger partial charge in [0.25, 0.3) is 0 Å². The third-order valence-corrected chi connectivity index (χ3v) is 4.41. The minimum absolute atomic E-state index is 0.0245. The van der Waals surface area contributed by atoms with E-state index in [2.05, 4.69) is 17.2 Å². The first-order valence-electron chi connectivity index (χ1n) is 6.61. The summed E-state index contributed by atoms with van der Waals surface area (Å²) in [5.41, 5.74) is 6.01. The Bertz CT molecular complexity index is 545. The van der Waals surface area contributed by atoms with Crippen molar-refractivity contribution in [3.8, 4) is 11.8 Å². The third-order valence-electron chi connectivity index (χ3n) is 3.03. The summed E-state index contributed by atoms with van der Waals surface area (Å²) in [7, 11) is 0. The first-order valence-corrected chi connectivity index (χ1v) is 7.66. The maximum Gasteiger partial charge on any atom is 0.237 e. The fraction of sp³-hybridized carbons (Fsp3) is 0.400. The van der Waals surface area contributed by atoms with Gasteiger partial charge in [0.1, 0.15) is 5.82 Å². The van der Waals surface area contributed by atoms with Crippen molar-refractivity contribution in [1.29, 1.82) is 0 Å². The second-order valence-electron chi connectivity index (χ2n) is 4.54. The molecule has 3 nitrogen and oxygen atoms in total. The number of amides is 1. The first-order chi connectivity index (χ1) is 9.70. The zero-order valence-electron chi connectivity index (χ0n) is 11.1. The van der Waals surface area contributed by atoms with Crippen LogP contribution in [0.1, 0.15) is 24.8 Å². The van der Waals surface area contributed by atoms with Crippen molar-refractivity contribution in [2.45, 2.75) is 24.5 Å². The Morgan fingerprint density at radius 2 is 2.35 bits per heavy atom. The molecule has 1 aliphatic heterocycles. The van der Waals surface area contributed by atoms with E-state index in [1.54, 1.807) is 23.9 Å². The monoisotopic (exact) mass is 292 g/mol. The van der Waals surface area contributed by atoms with Gasteiger partial charge in [-0.25, -0.2) is 4.39 Å². The lowest BCUT2D eigenvalue weighted by Gasteiger charge is -2.20. The van der Waals surface area contributed by atoms with Crippen LogP contribution in [0.5, 0.6) is 0 Å². The van der Waals surface area contributed by atoms with Crippen LogP contribution in [0.4, 0.5) is 10.1 Å². The zero-order chi connectivity index (χ0) is 14.4. The molecule has 1 aliphatic rings. The third kappa shape index (κ3) is 3.99. The topological polar surface area (TPSA) is 55.1 Å². The largest absolute Gasteiger partial charge is 0.325 e. The standard InChI is InChI=1S/C15H17FN2OS/c16-13-10-12(7-6-11(13)4-3-8-17)18-15(19)14-5-1-2-9-20-14/h6-7,10,14H,1-2,5,8-9,17H2,(H,18,19). The van der Waals surface area contributed by atoms with E-state index in [0.717, 1.165) is 25.0 Å². The van der Waals surface area contributed by atoms with Crippen LogP contribution in [0.2, 0.25) is 0 Å². The van der Waals surface area contributed by atoms with Gasteiger partial charge in [0.15, 0.2) is 0 Å². The van der Waals surface area contributed by atoms with Gasteiger partial charge in [-0.05, 0) is 36.8 Å². The van der Waals surface area contributed by atoms with E-state index in [4.69, 9.17) is 5.73 Å². The van der Waals surface area contributed by atoms with Crippen LogP contribution in [0.25, 0.3) is 0 Å². The molecule has 106 valence electrons. The molecular formula is C15H17FN2OS. The quantitative estimate of drug-likeness (QED) is 0.823. The van der Waals surface area contributed by atoms with Gasteiger partial charge in [-0.1, -0.05) is 18.3 Å². The average Bonchev–Trinajstić information content (AvgIpc) is 2.47. The van der Waals surface area contributed by atoms with Gasteiger partial charge < -0.3 is 11.1 Å². The van der Waals surface area contributed by atoms with Gasteiger partial charge in [-0.15, -0.1) is 11.8 Å². The van der Waals surface area contributed by atoms with Crippen LogP contribution in [0, 0.1) is 17.7 Å². The van der Waals surface area contributed by atoms with Crippen LogP contribution in [0.3, 0.4) is 0 Å². The Hall–Kier alpha value is -1.51. The molecular weight excluding hydrogens is 275 g/mol. The van der Waals surface area contributed by atoms with E-state index < -0.39 is 5.82 Å². The van der Waals surface area contributed by atoms with Gasteiger partial charge in [-0.2, -0.15) is 0 Å². The minimum Gasteiger partial charge on any atom is -0.325 e. The normalized spacial score (nSPS) is 18.0. The van der Waals surface area contributed by atoms with Crippen molar-refractivity contribution in [1.82, 2.24) is 0 Å². The molecule has 1 heterocycles. The van der Waals surface area contributed by atoms with Crippen molar-refractivity contribution in [2.75, 3.05) is 17.6 Å². The summed E-state index contributed by atoms with van der Waals surface area (Å²) < 4.78 is 13.8. The second-order valence-corrected chi connectivity index (χ2v) is 5.86. The van der Waals surface area contributed by atoms with Crippen molar-refractivity contribution < 1.29 is 9.18 Å². The Balaban J connectivity index is 2.02. The highest BCUT2D eigenvalue weighted by molar-refractivity contribution is 8.00. The van der Waals surface area contributed by atoms with E-state index in [1.165, 1.54) is 6.07 Å². The van der Waals surface area contributed by atoms with Gasteiger partial charge in [0, 0.05) is 5.69 Å². The summed E-state index contributed by atoms with van der Waals surface area (Å²) in [5, 5.41) is 2.74. The Morgan fingerprint density at radius 1 is 1.50 bits per heavy atom. The molecule has 1 atom stereocenters. The Kier molecular flexibility index (Phi) is 5.45. The van der Waals surface area contributed by atoms with Crippen LogP contribution in [-0.4, -0.2) is 23.5 Å². The molecule has 0 saturated carbocycles. The number of benzene rings is 1. The van der Waals surface area contributed by atoms with Crippen LogP contribution in [0.15, 0.2) is 18.2 Å². The van der Waals surface area contributed by atoms with Crippen LogP contribution >= 0.6 is 11.8 Å². The lowest BCUT2D eigenvalue weighted by molar-refractivity contribution is -0.115. The highest BCUT2D eigenvalue weighted by atomic mass is 32.2. The summed E-state index contributed by atoms with van der Waals surface area (Å²) in [4.78, 5) is 12.0. The molecule has 0 bridgehead atoms. The molecule has 0 spiro atoms. The second kappa shape index (κ2) is 7.32. The molecule has 3 N–H and O–H groups in total. The van der Waals surface area contributed by atoms with Crippen molar-refractivity contribution in [2.24, 2.45) is 5.73 Å². The molecule has 1 amide bonds. The molecule has 1 fully saturated rings. The zero-order valence-corrected chi connectivity index (χ0v) is 11.9. The maximum absolute atomic E-state index is 13.8. The molecule has 5 heteroatoms. The molecule has 1 aromatic rings. The van der Waals surface area contributed by atoms with E-state index >= 15 is 0 Å². The molecule has 1 unspecified atom stereocenters.